The zero-order chi connectivity index (χ0) is 8.43. The summed E-state index contributed by atoms with van der Waals surface area (Å²) in [5.41, 5.74) is 0.498. The van der Waals surface area contributed by atoms with Gasteiger partial charge in [0.15, 0.2) is 0 Å². The van der Waals surface area contributed by atoms with E-state index in [1.807, 2.05) is 0 Å². The first-order chi connectivity index (χ1) is 5.11. The van der Waals surface area contributed by atoms with E-state index in [1.165, 1.54) is 18.2 Å². The van der Waals surface area contributed by atoms with Gasteiger partial charge in [0.25, 0.3) is 5.69 Å². The molecule has 0 saturated carbocycles. The summed E-state index contributed by atoms with van der Waals surface area (Å²) < 4.78 is 0. The first-order valence-corrected chi connectivity index (χ1v) is 3.05. The molecule has 0 amide bonds. The van der Waals surface area contributed by atoms with Gasteiger partial charge in [0, 0.05) is 11.6 Å². The molecule has 0 aromatic heterocycles. The monoisotopic (exact) mass is 171 g/mol. The highest BCUT2D eigenvalue weighted by atomic mass is 16.6. The molecule has 1 aromatic rings. The Hall–Kier alpha value is -1.62. The molecule has 1 aromatic carbocycles. The second-order valence-corrected chi connectivity index (χ2v) is 2.23. The summed E-state index contributed by atoms with van der Waals surface area (Å²) in [7, 11) is 0. The van der Waals surface area contributed by atoms with Gasteiger partial charge in [0.1, 0.15) is 5.75 Å². The summed E-state index contributed by atoms with van der Waals surface area (Å²) in [6.45, 7) is 1.58. The van der Waals surface area contributed by atoms with Gasteiger partial charge in [-0.15, -0.1) is 0 Å². The highest BCUT2D eigenvalue weighted by molar-refractivity contribution is 5.43. The second kappa shape index (κ2) is 3.68. The lowest BCUT2D eigenvalue weighted by molar-refractivity contribution is -0.385. The normalized spacial score (nSPS) is 8.75. The van der Waals surface area contributed by atoms with Crippen molar-refractivity contribution in [2.24, 2.45) is 0 Å². The van der Waals surface area contributed by atoms with E-state index in [2.05, 4.69) is 0 Å². The van der Waals surface area contributed by atoms with Crippen molar-refractivity contribution < 1.29 is 15.5 Å². The van der Waals surface area contributed by atoms with E-state index in [0.717, 1.165) is 0 Å². The maximum atomic E-state index is 10.3. The standard InChI is InChI=1S/C7H7NO3.H2O/c1-5-4-6(9)2-3-7(5)8(10)11;/h2-4,9H,1H3;1H2. The number of hydrogen-bond donors (Lipinski definition) is 1. The van der Waals surface area contributed by atoms with Crippen LogP contribution in [0.5, 0.6) is 5.75 Å². The number of phenolic OH excluding ortho intramolecular Hbond substituents is 1. The highest BCUT2D eigenvalue weighted by Crippen LogP contribution is 2.21. The van der Waals surface area contributed by atoms with Gasteiger partial charge < -0.3 is 10.6 Å². The number of nitro groups is 1. The number of aromatic hydroxyl groups is 1. The minimum Gasteiger partial charge on any atom is -0.508 e. The summed E-state index contributed by atoms with van der Waals surface area (Å²) in [6.07, 6.45) is 0. The van der Waals surface area contributed by atoms with Crippen LogP contribution in [0.3, 0.4) is 0 Å². The number of nitrogens with zero attached hydrogens (tertiary/aromatic N) is 1. The summed E-state index contributed by atoms with van der Waals surface area (Å²) >= 11 is 0. The van der Waals surface area contributed by atoms with Gasteiger partial charge in [-0.2, -0.15) is 0 Å². The Morgan fingerprint density at radius 3 is 2.50 bits per heavy atom. The Morgan fingerprint density at radius 2 is 2.08 bits per heavy atom. The van der Waals surface area contributed by atoms with Gasteiger partial charge in [-0.25, -0.2) is 0 Å². The van der Waals surface area contributed by atoms with Gasteiger partial charge in [-0.1, -0.05) is 0 Å². The maximum absolute atomic E-state index is 10.3. The smallest absolute Gasteiger partial charge is 0.272 e. The van der Waals surface area contributed by atoms with Crippen molar-refractivity contribution in [1.82, 2.24) is 0 Å². The third-order valence-electron chi connectivity index (χ3n) is 1.38. The second-order valence-electron chi connectivity index (χ2n) is 2.23. The van der Waals surface area contributed by atoms with E-state index in [0.29, 0.717) is 5.56 Å². The Labute approximate surface area is 68.7 Å². The lowest BCUT2D eigenvalue weighted by Gasteiger charge is -1.95. The Kier molecular flexibility index (Phi) is 3.18. The SMILES string of the molecule is Cc1cc(O)ccc1[N+](=O)[O-].O. The van der Waals surface area contributed by atoms with E-state index < -0.39 is 4.92 Å². The Morgan fingerprint density at radius 1 is 1.50 bits per heavy atom. The summed E-state index contributed by atoms with van der Waals surface area (Å²) in [6, 6.07) is 3.94. The lowest BCUT2D eigenvalue weighted by atomic mass is 10.2. The van der Waals surface area contributed by atoms with Crippen LogP contribution >= 0.6 is 0 Å². The van der Waals surface area contributed by atoms with Crippen LogP contribution in [-0.4, -0.2) is 15.5 Å². The van der Waals surface area contributed by atoms with Crippen molar-refractivity contribution in [3.8, 4) is 5.75 Å². The molecule has 0 aliphatic carbocycles. The molecule has 0 fully saturated rings. The van der Waals surface area contributed by atoms with Crippen molar-refractivity contribution in [2.45, 2.75) is 6.92 Å². The fraction of sp³-hybridized carbons (Fsp3) is 0.143. The number of hydrogen-bond acceptors (Lipinski definition) is 3. The first kappa shape index (κ1) is 10.4. The van der Waals surface area contributed by atoms with Crippen LogP contribution in [-0.2, 0) is 0 Å². The van der Waals surface area contributed by atoms with Crippen LogP contribution in [0.15, 0.2) is 18.2 Å². The Balaban J connectivity index is 0.00000121. The first-order valence-electron chi connectivity index (χ1n) is 3.05. The molecule has 0 aliphatic rings. The fourth-order valence-electron chi connectivity index (χ4n) is 0.844. The number of rotatable bonds is 1. The number of benzene rings is 1. The topological polar surface area (TPSA) is 94.9 Å². The molecule has 66 valence electrons. The molecule has 5 heteroatoms. The minimum absolute atomic E-state index is 0. The zero-order valence-electron chi connectivity index (χ0n) is 6.44. The molecule has 0 aliphatic heterocycles. The van der Waals surface area contributed by atoms with Gasteiger partial charge in [0.05, 0.1) is 4.92 Å². The molecule has 0 spiro atoms. The molecule has 1 rings (SSSR count). The predicted octanol–water partition coefficient (Wildman–Crippen LogP) is 0.784. The van der Waals surface area contributed by atoms with Gasteiger partial charge in [0.2, 0.25) is 0 Å². The van der Waals surface area contributed by atoms with Crippen LogP contribution in [0.1, 0.15) is 5.56 Å². The molecule has 0 heterocycles. The summed E-state index contributed by atoms with van der Waals surface area (Å²) in [5.74, 6) is 0.0492. The molecule has 0 unspecified atom stereocenters. The number of aryl methyl sites for hydroxylation is 1. The highest BCUT2D eigenvalue weighted by Gasteiger charge is 2.08. The van der Waals surface area contributed by atoms with E-state index >= 15 is 0 Å². The van der Waals surface area contributed by atoms with Crippen LogP contribution in [0.25, 0.3) is 0 Å². The molecule has 3 N–H and O–H groups in total. The molecule has 5 nitrogen and oxygen atoms in total. The van der Waals surface area contributed by atoms with Crippen molar-refractivity contribution >= 4 is 5.69 Å². The third-order valence-corrected chi connectivity index (χ3v) is 1.38. The van der Waals surface area contributed by atoms with E-state index in [1.54, 1.807) is 6.92 Å². The van der Waals surface area contributed by atoms with Gasteiger partial charge in [-0.3, -0.25) is 10.1 Å². The molecule has 0 atom stereocenters. The number of nitro benzene ring substituents is 1. The average molecular weight is 171 g/mol. The third kappa shape index (κ3) is 1.93. The quantitative estimate of drug-likeness (QED) is 0.499. The van der Waals surface area contributed by atoms with Crippen molar-refractivity contribution in [3.63, 3.8) is 0 Å². The zero-order valence-corrected chi connectivity index (χ0v) is 6.44. The predicted molar refractivity (Wildman–Crippen MR) is 43.1 cm³/mol. The molecule has 0 saturated heterocycles. The van der Waals surface area contributed by atoms with Crippen LogP contribution in [0.4, 0.5) is 5.69 Å². The molecular weight excluding hydrogens is 162 g/mol. The summed E-state index contributed by atoms with van der Waals surface area (Å²) in [5, 5.41) is 19.2. The van der Waals surface area contributed by atoms with Crippen LogP contribution in [0, 0.1) is 17.0 Å². The Bertz CT molecular complexity index is 297. The van der Waals surface area contributed by atoms with Crippen molar-refractivity contribution in [2.75, 3.05) is 0 Å². The largest absolute Gasteiger partial charge is 0.508 e. The van der Waals surface area contributed by atoms with Gasteiger partial charge in [-0.05, 0) is 19.1 Å². The van der Waals surface area contributed by atoms with E-state index in [4.69, 9.17) is 5.11 Å². The van der Waals surface area contributed by atoms with E-state index in [9.17, 15) is 10.1 Å². The summed E-state index contributed by atoms with van der Waals surface area (Å²) in [4.78, 5) is 9.78. The van der Waals surface area contributed by atoms with Crippen LogP contribution < -0.4 is 0 Å². The van der Waals surface area contributed by atoms with Gasteiger partial charge >= 0.3 is 0 Å². The minimum atomic E-state index is -0.477. The van der Waals surface area contributed by atoms with Crippen molar-refractivity contribution in [1.29, 1.82) is 0 Å². The molecule has 0 bridgehead atoms. The number of phenols is 1. The fourth-order valence-corrected chi connectivity index (χ4v) is 0.844. The molecule has 0 radical (unpaired) electrons. The van der Waals surface area contributed by atoms with E-state index in [-0.39, 0.29) is 16.9 Å². The molecule has 12 heavy (non-hydrogen) atoms. The lowest BCUT2D eigenvalue weighted by Crippen LogP contribution is -1.90. The maximum Gasteiger partial charge on any atom is 0.272 e. The average Bonchev–Trinajstić information content (AvgIpc) is 1.85. The van der Waals surface area contributed by atoms with Crippen molar-refractivity contribution in [3.05, 3.63) is 33.9 Å². The molecular formula is C7H9NO4. The van der Waals surface area contributed by atoms with Crippen LogP contribution in [0.2, 0.25) is 0 Å².